The summed E-state index contributed by atoms with van der Waals surface area (Å²) in [6.07, 6.45) is 8.58. The predicted molar refractivity (Wildman–Crippen MR) is 80.4 cm³/mol. The third-order valence-electron chi connectivity index (χ3n) is 5.37. The van der Waals surface area contributed by atoms with Gasteiger partial charge in [0.1, 0.15) is 0 Å². The molecule has 100 valence electrons. The maximum Gasteiger partial charge on any atom is -0.0245 e. The van der Waals surface area contributed by atoms with Crippen LogP contribution in [-0.2, 0) is 6.42 Å². The van der Waals surface area contributed by atoms with E-state index in [-0.39, 0.29) is 0 Å². The van der Waals surface area contributed by atoms with Crippen molar-refractivity contribution >= 4 is 0 Å². The van der Waals surface area contributed by atoms with Crippen LogP contribution in [0.1, 0.15) is 65.5 Å². The lowest BCUT2D eigenvalue weighted by Gasteiger charge is -2.25. The number of hydrogen-bond acceptors (Lipinski definition) is 0. The lowest BCUT2D eigenvalue weighted by Crippen LogP contribution is -2.12. The summed E-state index contributed by atoms with van der Waals surface area (Å²) in [5.41, 5.74) is 9.30. The number of benzene rings is 1. The summed E-state index contributed by atoms with van der Waals surface area (Å²) >= 11 is 0. The standard InChI is InChI=1S/C18H28/c1-12-13(2)15(4)18(16(5)14(12)3)11-17-9-7-6-8-10-17/h17H,6-11H2,1-5H3. The molecule has 1 saturated carbocycles. The van der Waals surface area contributed by atoms with E-state index in [1.54, 1.807) is 16.7 Å². The molecule has 1 aromatic carbocycles. The van der Waals surface area contributed by atoms with Crippen molar-refractivity contribution in [3.8, 4) is 0 Å². The first kappa shape index (κ1) is 13.6. The lowest BCUT2D eigenvalue weighted by atomic mass is 9.80. The lowest BCUT2D eigenvalue weighted by molar-refractivity contribution is 0.356. The molecule has 18 heavy (non-hydrogen) atoms. The summed E-state index contributed by atoms with van der Waals surface area (Å²) < 4.78 is 0. The average Bonchev–Trinajstić information content (AvgIpc) is 2.40. The van der Waals surface area contributed by atoms with E-state index in [0.29, 0.717) is 0 Å². The van der Waals surface area contributed by atoms with Gasteiger partial charge in [-0.15, -0.1) is 0 Å². The Morgan fingerprint density at radius 2 is 1.11 bits per heavy atom. The minimum atomic E-state index is 0.942. The highest BCUT2D eigenvalue weighted by Gasteiger charge is 2.18. The maximum absolute atomic E-state index is 2.33. The Labute approximate surface area is 113 Å². The van der Waals surface area contributed by atoms with Crippen LogP contribution in [0.25, 0.3) is 0 Å². The molecule has 2 rings (SSSR count). The van der Waals surface area contributed by atoms with Crippen molar-refractivity contribution in [3.05, 3.63) is 33.4 Å². The van der Waals surface area contributed by atoms with Crippen molar-refractivity contribution in [1.29, 1.82) is 0 Å². The van der Waals surface area contributed by atoms with Crippen LogP contribution in [-0.4, -0.2) is 0 Å². The van der Waals surface area contributed by atoms with Crippen LogP contribution >= 0.6 is 0 Å². The quantitative estimate of drug-likeness (QED) is 0.657. The first-order valence-electron chi connectivity index (χ1n) is 7.58. The van der Waals surface area contributed by atoms with Crippen LogP contribution in [0.3, 0.4) is 0 Å². The van der Waals surface area contributed by atoms with E-state index in [1.807, 2.05) is 0 Å². The van der Waals surface area contributed by atoms with Gasteiger partial charge in [-0.2, -0.15) is 0 Å². The summed E-state index contributed by atoms with van der Waals surface area (Å²) in [7, 11) is 0. The second kappa shape index (κ2) is 5.47. The Bertz CT molecular complexity index is 405. The predicted octanol–water partition coefficient (Wildman–Crippen LogP) is 5.35. The molecule has 0 aromatic heterocycles. The van der Waals surface area contributed by atoms with E-state index < -0.39 is 0 Å². The summed E-state index contributed by atoms with van der Waals surface area (Å²) in [4.78, 5) is 0. The Morgan fingerprint density at radius 1 is 0.667 bits per heavy atom. The SMILES string of the molecule is Cc1c(C)c(C)c(CC2CCCCC2)c(C)c1C. The Morgan fingerprint density at radius 3 is 1.61 bits per heavy atom. The molecule has 0 N–H and O–H groups in total. The molecule has 0 bridgehead atoms. The van der Waals surface area contributed by atoms with Crippen LogP contribution in [0.5, 0.6) is 0 Å². The highest BCUT2D eigenvalue weighted by atomic mass is 14.2. The van der Waals surface area contributed by atoms with Gasteiger partial charge >= 0.3 is 0 Å². The minimum Gasteiger partial charge on any atom is -0.0533 e. The minimum absolute atomic E-state index is 0.942. The third kappa shape index (κ3) is 2.48. The average molecular weight is 244 g/mol. The second-order valence-electron chi connectivity index (χ2n) is 6.31. The molecule has 0 unspecified atom stereocenters. The zero-order chi connectivity index (χ0) is 13.3. The van der Waals surface area contributed by atoms with Crippen molar-refractivity contribution in [1.82, 2.24) is 0 Å². The van der Waals surface area contributed by atoms with Gasteiger partial charge in [-0.3, -0.25) is 0 Å². The molecule has 0 saturated heterocycles. The van der Waals surface area contributed by atoms with Gasteiger partial charge in [-0.05, 0) is 80.3 Å². The van der Waals surface area contributed by atoms with Gasteiger partial charge in [0.25, 0.3) is 0 Å². The van der Waals surface area contributed by atoms with Gasteiger partial charge in [0.2, 0.25) is 0 Å². The molecule has 0 heterocycles. The molecule has 0 radical (unpaired) electrons. The van der Waals surface area contributed by atoms with Gasteiger partial charge in [0.05, 0.1) is 0 Å². The molecule has 1 fully saturated rings. The zero-order valence-electron chi connectivity index (χ0n) is 12.8. The summed E-state index contributed by atoms with van der Waals surface area (Å²) in [6, 6.07) is 0. The summed E-state index contributed by atoms with van der Waals surface area (Å²) in [6.45, 7) is 11.5. The molecular formula is C18H28. The zero-order valence-corrected chi connectivity index (χ0v) is 12.8. The van der Waals surface area contributed by atoms with Gasteiger partial charge in [-0.1, -0.05) is 32.1 Å². The maximum atomic E-state index is 2.33. The van der Waals surface area contributed by atoms with Crippen molar-refractivity contribution < 1.29 is 0 Å². The monoisotopic (exact) mass is 244 g/mol. The van der Waals surface area contributed by atoms with Crippen LogP contribution in [0, 0.1) is 40.5 Å². The van der Waals surface area contributed by atoms with Crippen LogP contribution in [0.4, 0.5) is 0 Å². The largest absolute Gasteiger partial charge is 0.0533 e. The summed E-state index contributed by atoms with van der Waals surface area (Å²) in [5.74, 6) is 0.942. The number of rotatable bonds is 2. The fourth-order valence-corrected chi connectivity index (χ4v) is 3.56. The van der Waals surface area contributed by atoms with Crippen molar-refractivity contribution in [2.24, 2.45) is 5.92 Å². The third-order valence-corrected chi connectivity index (χ3v) is 5.37. The van der Waals surface area contributed by atoms with E-state index in [1.165, 1.54) is 55.2 Å². The van der Waals surface area contributed by atoms with Crippen molar-refractivity contribution in [2.75, 3.05) is 0 Å². The van der Waals surface area contributed by atoms with Crippen molar-refractivity contribution in [2.45, 2.75) is 73.1 Å². The Hall–Kier alpha value is -0.780. The molecule has 0 atom stereocenters. The fourth-order valence-electron chi connectivity index (χ4n) is 3.56. The molecule has 1 aliphatic carbocycles. The van der Waals surface area contributed by atoms with Gasteiger partial charge in [-0.25, -0.2) is 0 Å². The highest BCUT2D eigenvalue weighted by molar-refractivity contribution is 5.49. The van der Waals surface area contributed by atoms with Gasteiger partial charge < -0.3 is 0 Å². The molecule has 0 aliphatic heterocycles. The smallest absolute Gasteiger partial charge is 0.0245 e. The van der Waals surface area contributed by atoms with E-state index in [9.17, 15) is 0 Å². The van der Waals surface area contributed by atoms with Crippen LogP contribution in [0.15, 0.2) is 0 Å². The summed E-state index contributed by atoms with van der Waals surface area (Å²) in [5, 5.41) is 0. The molecule has 0 amide bonds. The highest BCUT2D eigenvalue weighted by Crippen LogP contribution is 2.32. The Balaban J connectivity index is 2.32. The molecule has 0 nitrogen and oxygen atoms in total. The van der Waals surface area contributed by atoms with Crippen LogP contribution in [0.2, 0.25) is 0 Å². The van der Waals surface area contributed by atoms with E-state index in [0.717, 1.165) is 5.92 Å². The topological polar surface area (TPSA) is 0 Å². The van der Waals surface area contributed by atoms with Gasteiger partial charge in [0.15, 0.2) is 0 Å². The fraction of sp³-hybridized carbons (Fsp3) is 0.667. The van der Waals surface area contributed by atoms with Gasteiger partial charge in [0, 0.05) is 0 Å². The van der Waals surface area contributed by atoms with Crippen LogP contribution < -0.4 is 0 Å². The van der Waals surface area contributed by atoms with E-state index >= 15 is 0 Å². The molecule has 0 heteroatoms. The molecule has 0 spiro atoms. The van der Waals surface area contributed by atoms with Crippen molar-refractivity contribution in [3.63, 3.8) is 0 Å². The molecular weight excluding hydrogens is 216 g/mol. The molecule has 1 aliphatic rings. The Kier molecular flexibility index (Phi) is 4.14. The molecule has 1 aromatic rings. The first-order valence-corrected chi connectivity index (χ1v) is 7.58. The van der Waals surface area contributed by atoms with E-state index in [2.05, 4.69) is 34.6 Å². The second-order valence-corrected chi connectivity index (χ2v) is 6.31. The van der Waals surface area contributed by atoms with E-state index in [4.69, 9.17) is 0 Å². The first-order chi connectivity index (χ1) is 8.52. The normalized spacial score (nSPS) is 17.2. The number of hydrogen-bond donors (Lipinski definition) is 0.